The summed E-state index contributed by atoms with van der Waals surface area (Å²) in [5.41, 5.74) is 5.52. The van der Waals surface area contributed by atoms with Crippen LogP contribution in [0.15, 0.2) is 0 Å². The quantitative estimate of drug-likeness (QED) is 0.550. The van der Waals surface area contributed by atoms with Gasteiger partial charge in [-0.3, -0.25) is 0 Å². The van der Waals surface area contributed by atoms with Crippen molar-refractivity contribution in [1.82, 2.24) is 0 Å². The number of rotatable bonds is 0. The molecule has 2 bridgehead atoms. The fraction of sp³-hybridized carbons (Fsp3) is 1.00. The van der Waals surface area contributed by atoms with Gasteiger partial charge in [-0.05, 0) is 19.3 Å². The fourth-order valence-corrected chi connectivity index (χ4v) is 2.34. The molecule has 0 unspecified atom stereocenters. The van der Waals surface area contributed by atoms with Crippen LogP contribution in [0.3, 0.4) is 0 Å². The third kappa shape index (κ3) is 0.590. The highest BCUT2D eigenvalue weighted by molar-refractivity contribution is 5.04. The van der Waals surface area contributed by atoms with Crippen molar-refractivity contribution in [3.63, 3.8) is 0 Å². The first-order valence-corrected chi connectivity index (χ1v) is 3.75. The Bertz CT molecular complexity index is 158. The molecule has 2 saturated carbocycles. The Morgan fingerprint density at radius 2 is 2.00 bits per heavy atom. The van der Waals surface area contributed by atoms with Crippen molar-refractivity contribution in [3.05, 3.63) is 0 Å². The van der Waals surface area contributed by atoms with Gasteiger partial charge in [-0.25, -0.2) is 8.78 Å². The molecule has 0 spiro atoms. The molecule has 58 valence electrons. The molecule has 2 aliphatic carbocycles. The van der Waals surface area contributed by atoms with Crippen molar-refractivity contribution in [2.24, 2.45) is 17.6 Å². The average Bonchev–Trinajstić information content (AvgIpc) is 2.20. The van der Waals surface area contributed by atoms with Gasteiger partial charge in [0.05, 0.1) is 0 Å². The van der Waals surface area contributed by atoms with Gasteiger partial charge < -0.3 is 5.73 Å². The van der Waals surface area contributed by atoms with Crippen molar-refractivity contribution in [2.75, 3.05) is 0 Å². The van der Waals surface area contributed by atoms with Gasteiger partial charge in [-0.2, -0.15) is 0 Å². The molecule has 1 nitrogen and oxygen atoms in total. The molecule has 0 saturated heterocycles. The summed E-state index contributed by atoms with van der Waals surface area (Å²) < 4.78 is 25.9. The minimum atomic E-state index is -2.43. The number of alkyl halides is 2. The third-order valence-corrected chi connectivity index (χ3v) is 2.94. The molecule has 0 amide bonds. The van der Waals surface area contributed by atoms with Gasteiger partial charge in [0.2, 0.25) is 0 Å². The zero-order valence-electron chi connectivity index (χ0n) is 5.69. The topological polar surface area (TPSA) is 26.0 Å². The predicted molar refractivity (Wildman–Crippen MR) is 33.8 cm³/mol. The molecular weight excluding hydrogens is 136 g/mol. The van der Waals surface area contributed by atoms with Crippen LogP contribution in [0, 0.1) is 11.8 Å². The number of hydrogen-bond donors (Lipinski definition) is 1. The fourth-order valence-electron chi connectivity index (χ4n) is 2.34. The van der Waals surface area contributed by atoms with E-state index in [0.29, 0.717) is 19.3 Å². The highest BCUT2D eigenvalue weighted by atomic mass is 19.3. The summed E-state index contributed by atoms with van der Waals surface area (Å²) in [5.74, 6) is -3.33. The van der Waals surface area contributed by atoms with E-state index in [-0.39, 0.29) is 6.04 Å². The van der Waals surface area contributed by atoms with Crippen molar-refractivity contribution < 1.29 is 8.78 Å². The Kier molecular flexibility index (Phi) is 1.11. The Labute approximate surface area is 58.6 Å². The minimum Gasteiger partial charge on any atom is -0.327 e. The Hall–Kier alpha value is -0.180. The zero-order chi connectivity index (χ0) is 7.35. The van der Waals surface area contributed by atoms with Gasteiger partial charge >= 0.3 is 0 Å². The normalized spacial score (nSPS) is 50.1. The van der Waals surface area contributed by atoms with Gasteiger partial charge in [0.1, 0.15) is 0 Å². The molecule has 0 heterocycles. The molecule has 0 aliphatic heterocycles. The standard InChI is InChI=1S/C7H11F2N/c8-7(9)4-1-2-5(7)6(10)3-4/h4-6H,1-3,10H2/t4-,5-,6+/m1/s1. The van der Waals surface area contributed by atoms with E-state index in [9.17, 15) is 8.78 Å². The summed E-state index contributed by atoms with van der Waals surface area (Å²) in [5, 5.41) is 0. The smallest absolute Gasteiger partial charge is 0.255 e. The van der Waals surface area contributed by atoms with Crippen LogP contribution >= 0.6 is 0 Å². The Balaban J connectivity index is 2.27. The van der Waals surface area contributed by atoms with Gasteiger partial charge in [-0.1, -0.05) is 0 Å². The lowest BCUT2D eigenvalue weighted by Gasteiger charge is -2.16. The maximum Gasteiger partial charge on any atom is 0.255 e. The second kappa shape index (κ2) is 1.70. The monoisotopic (exact) mass is 147 g/mol. The predicted octanol–water partition coefficient (Wildman–Crippen LogP) is 1.38. The molecule has 0 aromatic heterocycles. The molecule has 3 atom stereocenters. The van der Waals surface area contributed by atoms with Crippen molar-refractivity contribution in [1.29, 1.82) is 0 Å². The lowest BCUT2D eigenvalue weighted by Crippen LogP contribution is -2.31. The maximum atomic E-state index is 13.0. The van der Waals surface area contributed by atoms with Crippen LogP contribution in [0.25, 0.3) is 0 Å². The van der Waals surface area contributed by atoms with E-state index >= 15 is 0 Å². The van der Waals surface area contributed by atoms with Gasteiger partial charge in [0.15, 0.2) is 0 Å². The van der Waals surface area contributed by atoms with E-state index in [0.717, 1.165) is 0 Å². The van der Waals surface area contributed by atoms with E-state index in [1.165, 1.54) is 0 Å². The van der Waals surface area contributed by atoms with Crippen LogP contribution in [0.1, 0.15) is 19.3 Å². The third-order valence-electron chi connectivity index (χ3n) is 2.94. The summed E-state index contributed by atoms with van der Waals surface area (Å²) in [6, 6.07) is -0.228. The molecule has 0 aromatic carbocycles. The summed E-state index contributed by atoms with van der Waals surface area (Å²) in [6.45, 7) is 0. The van der Waals surface area contributed by atoms with Crippen LogP contribution in [-0.4, -0.2) is 12.0 Å². The first-order valence-electron chi connectivity index (χ1n) is 3.75. The average molecular weight is 147 g/mol. The number of hydrogen-bond acceptors (Lipinski definition) is 1. The van der Waals surface area contributed by atoms with E-state index in [2.05, 4.69) is 0 Å². The van der Waals surface area contributed by atoms with Crippen molar-refractivity contribution in [3.8, 4) is 0 Å². The zero-order valence-corrected chi connectivity index (χ0v) is 5.69. The van der Waals surface area contributed by atoms with Crippen LogP contribution in [-0.2, 0) is 0 Å². The molecule has 10 heavy (non-hydrogen) atoms. The lowest BCUT2D eigenvalue weighted by atomic mass is 9.96. The van der Waals surface area contributed by atoms with Gasteiger partial charge in [0, 0.05) is 17.9 Å². The van der Waals surface area contributed by atoms with E-state index in [1.54, 1.807) is 0 Å². The number of halogens is 2. The SMILES string of the molecule is N[C@H]1C[C@H]2CC[C@H]1C2(F)F. The highest BCUT2D eigenvalue weighted by Crippen LogP contribution is 2.54. The largest absolute Gasteiger partial charge is 0.327 e. The Morgan fingerprint density at radius 3 is 2.20 bits per heavy atom. The minimum absolute atomic E-state index is 0.228. The van der Waals surface area contributed by atoms with Crippen LogP contribution in [0.2, 0.25) is 0 Å². The molecule has 2 aliphatic rings. The first kappa shape index (κ1) is 6.53. The van der Waals surface area contributed by atoms with E-state index in [1.807, 2.05) is 0 Å². The van der Waals surface area contributed by atoms with Crippen LogP contribution < -0.4 is 5.73 Å². The Morgan fingerprint density at radius 1 is 1.30 bits per heavy atom. The van der Waals surface area contributed by atoms with Crippen molar-refractivity contribution >= 4 is 0 Å². The summed E-state index contributed by atoms with van der Waals surface area (Å²) in [4.78, 5) is 0. The molecule has 2 rings (SSSR count). The number of fused-ring (bicyclic) bond motifs is 2. The first-order chi connectivity index (χ1) is 4.62. The van der Waals surface area contributed by atoms with E-state index < -0.39 is 17.8 Å². The molecule has 0 aromatic rings. The lowest BCUT2D eigenvalue weighted by molar-refractivity contribution is -0.0463. The van der Waals surface area contributed by atoms with Crippen molar-refractivity contribution in [2.45, 2.75) is 31.2 Å². The van der Waals surface area contributed by atoms with Gasteiger partial charge in [-0.15, -0.1) is 0 Å². The molecule has 3 heteroatoms. The van der Waals surface area contributed by atoms with Gasteiger partial charge in [0.25, 0.3) is 5.92 Å². The molecule has 2 N–H and O–H groups in total. The maximum absolute atomic E-state index is 13.0. The molecular formula is C7H11F2N. The molecule has 2 fully saturated rings. The molecule has 0 radical (unpaired) electrons. The second-order valence-corrected chi connectivity index (χ2v) is 3.45. The summed E-state index contributed by atoms with van der Waals surface area (Å²) in [6.07, 6.45) is 1.86. The van der Waals surface area contributed by atoms with Crippen LogP contribution in [0.5, 0.6) is 0 Å². The van der Waals surface area contributed by atoms with Crippen LogP contribution in [0.4, 0.5) is 8.78 Å². The summed E-state index contributed by atoms with van der Waals surface area (Å²) in [7, 11) is 0. The number of nitrogens with two attached hydrogens (primary N) is 1. The van der Waals surface area contributed by atoms with E-state index in [4.69, 9.17) is 5.73 Å². The second-order valence-electron chi connectivity index (χ2n) is 3.45. The highest BCUT2D eigenvalue weighted by Gasteiger charge is 2.59. The summed E-state index contributed by atoms with van der Waals surface area (Å²) >= 11 is 0.